The van der Waals surface area contributed by atoms with E-state index in [1.165, 1.54) is 11.3 Å². The van der Waals surface area contributed by atoms with Crippen molar-refractivity contribution in [3.8, 4) is 0 Å². The van der Waals surface area contributed by atoms with Crippen LogP contribution >= 0.6 is 11.3 Å². The summed E-state index contributed by atoms with van der Waals surface area (Å²) < 4.78 is 0. The summed E-state index contributed by atoms with van der Waals surface area (Å²) in [6.45, 7) is 0. The number of nitrogens with one attached hydrogen (secondary N) is 1. The zero-order chi connectivity index (χ0) is 15.6. The number of hydrogen-bond acceptors (Lipinski definition) is 5. The first-order chi connectivity index (χ1) is 11.3. The third kappa shape index (κ3) is 2.64. The van der Waals surface area contributed by atoms with Crippen LogP contribution in [0.5, 0.6) is 0 Å². The van der Waals surface area contributed by atoms with E-state index in [9.17, 15) is 4.79 Å². The fourth-order valence-corrected chi connectivity index (χ4v) is 3.06. The number of rotatable bonds is 3. The number of anilines is 1. The lowest BCUT2D eigenvalue weighted by Crippen LogP contribution is -2.11. The summed E-state index contributed by atoms with van der Waals surface area (Å²) in [5.41, 5.74) is 4.05. The largest absolute Gasteiger partial charge is 0.298 e. The van der Waals surface area contributed by atoms with Crippen molar-refractivity contribution in [3.05, 3.63) is 71.0 Å². The van der Waals surface area contributed by atoms with Crippen molar-refractivity contribution < 1.29 is 4.79 Å². The molecule has 2 aromatic heterocycles. The van der Waals surface area contributed by atoms with Crippen LogP contribution in [-0.4, -0.2) is 21.6 Å². The maximum absolute atomic E-state index is 12.5. The number of hydrogen-bond donors (Lipinski definition) is 1. The number of fused-ring (bicyclic) bond motifs is 1. The Morgan fingerprint density at radius 2 is 2.04 bits per heavy atom. The molecule has 3 aromatic rings. The van der Waals surface area contributed by atoms with Crippen LogP contribution in [0.1, 0.15) is 21.6 Å². The molecule has 23 heavy (non-hydrogen) atoms. The van der Waals surface area contributed by atoms with Gasteiger partial charge in [-0.3, -0.25) is 15.1 Å². The lowest BCUT2D eigenvalue weighted by atomic mass is 10.0. The quantitative estimate of drug-likeness (QED) is 0.803. The van der Waals surface area contributed by atoms with Gasteiger partial charge in [0.05, 0.1) is 22.7 Å². The molecule has 112 valence electrons. The van der Waals surface area contributed by atoms with Gasteiger partial charge in [-0.2, -0.15) is 0 Å². The molecule has 6 heteroatoms. The molecule has 0 fully saturated rings. The summed E-state index contributed by atoms with van der Waals surface area (Å²) in [7, 11) is 0. The second-order valence-corrected chi connectivity index (χ2v) is 5.95. The van der Waals surface area contributed by atoms with E-state index in [-0.39, 0.29) is 5.91 Å². The maximum atomic E-state index is 12.5. The van der Waals surface area contributed by atoms with Gasteiger partial charge in [-0.25, -0.2) is 9.98 Å². The van der Waals surface area contributed by atoms with E-state index in [2.05, 4.69) is 20.3 Å². The molecule has 0 unspecified atom stereocenters. The molecule has 3 heterocycles. The Bertz CT molecular complexity index is 888. The monoisotopic (exact) mass is 320 g/mol. The first-order valence-electron chi connectivity index (χ1n) is 7.13. The van der Waals surface area contributed by atoms with Crippen LogP contribution in [0.25, 0.3) is 0 Å². The highest BCUT2D eigenvalue weighted by atomic mass is 32.1. The predicted molar refractivity (Wildman–Crippen MR) is 90.6 cm³/mol. The van der Waals surface area contributed by atoms with Crippen molar-refractivity contribution in [2.75, 3.05) is 5.32 Å². The van der Waals surface area contributed by atoms with Gasteiger partial charge < -0.3 is 0 Å². The van der Waals surface area contributed by atoms with E-state index in [1.54, 1.807) is 18.5 Å². The molecule has 0 atom stereocenters. The van der Waals surface area contributed by atoms with E-state index in [0.717, 1.165) is 22.7 Å². The third-order valence-corrected chi connectivity index (χ3v) is 4.27. The Hall–Kier alpha value is -2.86. The van der Waals surface area contributed by atoms with Gasteiger partial charge in [-0.15, -0.1) is 11.3 Å². The minimum Gasteiger partial charge on any atom is -0.298 e. The van der Waals surface area contributed by atoms with E-state index >= 15 is 0 Å². The van der Waals surface area contributed by atoms with Gasteiger partial charge >= 0.3 is 0 Å². The van der Waals surface area contributed by atoms with Crippen molar-refractivity contribution in [1.82, 2.24) is 9.97 Å². The zero-order valence-electron chi connectivity index (χ0n) is 12.1. The number of carbonyl (C=O) groups excluding carboxylic acids is 1. The molecular weight excluding hydrogens is 308 g/mol. The third-order valence-electron chi connectivity index (χ3n) is 3.58. The van der Waals surface area contributed by atoms with Gasteiger partial charge in [0, 0.05) is 24.2 Å². The number of benzene rings is 1. The number of para-hydroxylation sites is 1. The highest BCUT2D eigenvalue weighted by molar-refractivity contribution is 7.13. The molecule has 0 aliphatic carbocycles. The van der Waals surface area contributed by atoms with Crippen LogP contribution < -0.4 is 5.32 Å². The highest BCUT2D eigenvalue weighted by Crippen LogP contribution is 2.32. The topological polar surface area (TPSA) is 67.2 Å². The van der Waals surface area contributed by atoms with Crippen molar-refractivity contribution in [3.63, 3.8) is 0 Å². The Balaban J connectivity index is 1.68. The van der Waals surface area contributed by atoms with Crippen LogP contribution in [0.15, 0.2) is 59.2 Å². The Labute approximate surface area is 136 Å². The first-order valence-corrected chi connectivity index (χ1v) is 8.01. The molecule has 0 saturated carbocycles. The van der Waals surface area contributed by atoms with Crippen molar-refractivity contribution in [2.45, 2.75) is 6.42 Å². The number of pyridine rings is 1. The smallest absolute Gasteiger partial charge is 0.259 e. The molecule has 1 aromatic carbocycles. The van der Waals surface area contributed by atoms with Crippen LogP contribution in [0, 0.1) is 0 Å². The number of aromatic nitrogens is 2. The number of thiazole rings is 1. The van der Waals surface area contributed by atoms with Crippen molar-refractivity contribution in [1.29, 1.82) is 0 Å². The zero-order valence-corrected chi connectivity index (χ0v) is 12.9. The number of carbonyl (C=O) groups is 1. The van der Waals surface area contributed by atoms with E-state index < -0.39 is 0 Å². The van der Waals surface area contributed by atoms with Gasteiger partial charge in [-0.1, -0.05) is 18.2 Å². The normalized spacial score (nSPS) is 12.6. The second-order valence-electron chi connectivity index (χ2n) is 5.05. The lowest BCUT2D eigenvalue weighted by Gasteiger charge is -2.05. The molecule has 0 radical (unpaired) electrons. The number of aliphatic imine (C=N–C) groups is 1. The molecule has 1 aliphatic heterocycles. The summed E-state index contributed by atoms with van der Waals surface area (Å²) >= 11 is 1.39. The van der Waals surface area contributed by atoms with Gasteiger partial charge in [0.25, 0.3) is 5.91 Å². The van der Waals surface area contributed by atoms with Gasteiger partial charge in [0.15, 0.2) is 5.13 Å². The first kappa shape index (κ1) is 13.8. The van der Waals surface area contributed by atoms with E-state index in [4.69, 9.17) is 0 Å². The summed E-state index contributed by atoms with van der Waals surface area (Å²) in [4.78, 5) is 25.6. The number of nitrogens with zero attached hydrogens (tertiary/aromatic N) is 3. The standard InChI is InChI=1S/C17H12N4OS/c22-16(21-17-19-8-9-23-17)12-5-3-4-11-10-14(20-15(11)12)13-6-1-2-7-18-13/h1-9H,10H2,(H,19,21,22). The summed E-state index contributed by atoms with van der Waals surface area (Å²) in [6.07, 6.45) is 4.09. The molecular formula is C17H12N4OS. The molecule has 0 bridgehead atoms. The van der Waals surface area contributed by atoms with E-state index in [1.807, 2.05) is 35.7 Å². The van der Waals surface area contributed by atoms with Gasteiger partial charge in [-0.05, 0) is 23.8 Å². The molecule has 1 aliphatic rings. The Kier molecular flexibility index (Phi) is 3.44. The summed E-state index contributed by atoms with van der Waals surface area (Å²) in [5, 5.41) is 5.21. The van der Waals surface area contributed by atoms with Crippen LogP contribution in [-0.2, 0) is 6.42 Å². The second kappa shape index (κ2) is 5.73. The summed E-state index contributed by atoms with van der Waals surface area (Å²) in [5.74, 6) is -0.192. The Morgan fingerprint density at radius 1 is 1.09 bits per heavy atom. The molecule has 5 nitrogen and oxygen atoms in total. The minimum atomic E-state index is -0.192. The van der Waals surface area contributed by atoms with Gasteiger partial charge in [0.2, 0.25) is 0 Å². The molecule has 0 spiro atoms. The van der Waals surface area contributed by atoms with E-state index in [0.29, 0.717) is 17.1 Å². The van der Waals surface area contributed by atoms with Crippen LogP contribution in [0.4, 0.5) is 10.8 Å². The molecule has 4 rings (SSSR count). The molecule has 1 N–H and O–H groups in total. The molecule has 0 saturated heterocycles. The van der Waals surface area contributed by atoms with Crippen LogP contribution in [0.2, 0.25) is 0 Å². The lowest BCUT2D eigenvalue weighted by molar-refractivity contribution is 0.102. The number of amides is 1. The predicted octanol–water partition coefficient (Wildman–Crippen LogP) is 3.47. The SMILES string of the molecule is O=C(Nc1nccs1)c1cccc2c1N=C(c1ccccn1)C2. The average molecular weight is 320 g/mol. The minimum absolute atomic E-state index is 0.192. The van der Waals surface area contributed by atoms with Gasteiger partial charge in [0.1, 0.15) is 0 Å². The Morgan fingerprint density at radius 3 is 2.83 bits per heavy atom. The fourth-order valence-electron chi connectivity index (χ4n) is 2.54. The van der Waals surface area contributed by atoms with Crippen molar-refractivity contribution >= 4 is 33.8 Å². The van der Waals surface area contributed by atoms with Crippen LogP contribution in [0.3, 0.4) is 0 Å². The van der Waals surface area contributed by atoms with Crippen molar-refractivity contribution in [2.24, 2.45) is 4.99 Å². The summed E-state index contributed by atoms with van der Waals surface area (Å²) in [6, 6.07) is 11.4. The average Bonchev–Trinajstić information content (AvgIpc) is 3.24. The highest BCUT2D eigenvalue weighted by Gasteiger charge is 2.22. The molecule has 1 amide bonds. The maximum Gasteiger partial charge on any atom is 0.259 e. The fraction of sp³-hybridized carbons (Fsp3) is 0.0588.